The van der Waals surface area contributed by atoms with E-state index in [-0.39, 0.29) is 12.8 Å². The molecular formula is C8H17O3P. The normalized spacial score (nSPS) is 17.1. The number of hydrogen-bond donors (Lipinski definition) is 1. The van der Waals surface area contributed by atoms with Gasteiger partial charge in [0.1, 0.15) is 0 Å². The van der Waals surface area contributed by atoms with Crippen molar-refractivity contribution in [1.82, 2.24) is 0 Å². The molecule has 0 aromatic rings. The summed E-state index contributed by atoms with van der Waals surface area (Å²) in [5.41, 5.74) is 0. The molecule has 0 aliphatic rings. The highest BCUT2D eigenvalue weighted by Crippen LogP contribution is 2.40. The van der Waals surface area contributed by atoms with Crippen molar-refractivity contribution < 1.29 is 14.0 Å². The molecule has 0 saturated carbocycles. The van der Waals surface area contributed by atoms with Crippen molar-refractivity contribution in [3.05, 3.63) is 12.2 Å². The Morgan fingerprint density at radius 3 is 2.58 bits per heavy atom. The van der Waals surface area contributed by atoms with Gasteiger partial charge >= 0.3 is 7.60 Å². The minimum absolute atomic E-state index is 0.169. The maximum Gasteiger partial charge on any atom is 0.328 e. The summed E-state index contributed by atoms with van der Waals surface area (Å²) in [7, 11) is -3.28. The lowest BCUT2D eigenvalue weighted by Gasteiger charge is -2.06. The third-order valence-electron chi connectivity index (χ3n) is 1.29. The first-order valence-electron chi connectivity index (χ1n) is 4.11. The molecule has 0 aliphatic carbocycles. The molecule has 0 fully saturated rings. The van der Waals surface area contributed by atoms with Gasteiger partial charge in [-0.3, -0.25) is 4.57 Å². The van der Waals surface area contributed by atoms with Crippen LogP contribution in [0.15, 0.2) is 12.2 Å². The summed E-state index contributed by atoms with van der Waals surface area (Å²) in [6.07, 6.45) is 3.88. The van der Waals surface area contributed by atoms with Crippen LogP contribution in [0.1, 0.15) is 20.8 Å². The van der Waals surface area contributed by atoms with Gasteiger partial charge in [0.15, 0.2) is 0 Å². The molecule has 4 heteroatoms. The van der Waals surface area contributed by atoms with Gasteiger partial charge in [-0.15, -0.1) is 0 Å². The van der Waals surface area contributed by atoms with Gasteiger partial charge in [-0.1, -0.05) is 32.9 Å². The highest BCUT2D eigenvalue weighted by Gasteiger charge is 2.13. The minimum atomic E-state index is -3.28. The molecule has 0 heterocycles. The Labute approximate surface area is 74.0 Å². The van der Waals surface area contributed by atoms with Gasteiger partial charge in [-0.25, -0.2) is 0 Å². The summed E-state index contributed by atoms with van der Waals surface area (Å²) in [6.45, 7) is 5.93. The van der Waals surface area contributed by atoms with Crippen LogP contribution < -0.4 is 0 Å². The van der Waals surface area contributed by atoms with Crippen LogP contribution in [0.5, 0.6) is 0 Å². The summed E-state index contributed by atoms with van der Waals surface area (Å²) in [4.78, 5) is 8.99. The Kier molecular flexibility index (Phi) is 5.47. The molecule has 1 N–H and O–H groups in total. The summed E-state index contributed by atoms with van der Waals surface area (Å²) in [5.74, 6) is 0.452. The zero-order valence-corrected chi connectivity index (χ0v) is 8.75. The fourth-order valence-corrected chi connectivity index (χ4v) is 1.08. The van der Waals surface area contributed by atoms with Crippen molar-refractivity contribution >= 4 is 7.60 Å². The summed E-state index contributed by atoms with van der Waals surface area (Å²) < 4.78 is 15.7. The highest BCUT2D eigenvalue weighted by molar-refractivity contribution is 7.52. The van der Waals surface area contributed by atoms with Gasteiger partial charge in [0.25, 0.3) is 0 Å². The van der Waals surface area contributed by atoms with Crippen molar-refractivity contribution in [3.8, 4) is 0 Å². The third kappa shape index (κ3) is 6.59. The van der Waals surface area contributed by atoms with Crippen molar-refractivity contribution in [1.29, 1.82) is 0 Å². The Bertz CT molecular complexity index is 187. The molecule has 0 rings (SSSR count). The maximum atomic E-state index is 10.9. The van der Waals surface area contributed by atoms with Gasteiger partial charge in [0.2, 0.25) is 0 Å². The van der Waals surface area contributed by atoms with Crippen LogP contribution >= 0.6 is 7.60 Å². The van der Waals surface area contributed by atoms with Crippen LogP contribution in [-0.2, 0) is 9.09 Å². The molecule has 12 heavy (non-hydrogen) atoms. The van der Waals surface area contributed by atoms with E-state index in [1.54, 1.807) is 13.0 Å². The Morgan fingerprint density at radius 1 is 1.58 bits per heavy atom. The molecule has 72 valence electrons. The molecule has 1 unspecified atom stereocenters. The summed E-state index contributed by atoms with van der Waals surface area (Å²) in [6, 6.07) is 0. The van der Waals surface area contributed by atoms with Crippen molar-refractivity contribution in [2.75, 3.05) is 12.8 Å². The van der Waals surface area contributed by atoms with Crippen LogP contribution in [0.3, 0.4) is 0 Å². The predicted octanol–water partition coefficient (Wildman–Crippen LogP) is 2.42. The Morgan fingerprint density at radius 2 is 2.17 bits per heavy atom. The molecule has 1 atom stereocenters. The van der Waals surface area contributed by atoms with Crippen LogP contribution in [0, 0.1) is 5.92 Å². The standard InChI is InChI=1S/C8H17O3P/c1-4-12(9,10)11-7-5-6-8(2)3/h5-6,8H,4,7H2,1-3H3,(H,9,10). The molecule has 0 aromatic heterocycles. The average molecular weight is 192 g/mol. The monoisotopic (exact) mass is 192 g/mol. The molecule has 0 aliphatic heterocycles. The molecule has 0 saturated heterocycles. The number of rotatable bonds is 5. The van der Waals surface area contributed by atoms with Gasteiger partial charge < -0.3 is 9.42 Å². The molecular weight excluding hydrogens is 175 g/mol. The van der Waals surface area contributed by atoms with E-state index in [2.05, 4.69) is 0 Å². The van der Waals surface area contributed by atoms with E-state index in [0.29, 0.717) is 5.92 Å². The van der Waals surface area contributed by atoms with E-state index >= 15 is 0 Å². The fraction of sp³-hybridized carbons (Fsp3) is 0.750. The largest absolute Gasteiger partial charge is 0.328 e. The second-order valence-corrected chi connectivity index (χ2v) is 5.09. The molecule has 0 radical (unpaired) electrons. The minimum Gasteiger partial charge on any atom is -0.324 e. The van der Waals surface area contributed by atoms with E-state index < -0.39 is 7.60 Å². The van der Waals surface area contributed by atoms with E-state index in [4.69, 9.17) is 9.42 Å². The van der Waals surface area contributed by atoms with Crippen molar-refractivity contribution in [3.63, 3.8) is 0 Å². The first-order chi connectivity index (χ1) is 5.48. The second kappa shape index (κ2) is 5.52. The van der Waals surface area contributed by atoms with E-state index in [0.717, 1.165) is 0 Å². The quantitative estimate of drug-likeness (QED) is 0.537. The van der Waals surface area contributed by atoms with Gasteiger partial charge in [0, 0.05) is 6.16 Å². The lowest BCUT2D eigenvalue weighted by Crippen LogP contribution is -1.92. The molecule has 0 spiro atoms. The lowest BCUT2D eigenvalue weighted by molar-refractivity contribution is 0.288. The maximum absolute atomic E-state index is 10.9. The predicted molar refractivity (Wildman–Crippen MR) is 50.3 cm³/mol. The highest BCUT2D eigenvalue weighted by atomic mass is 31.2. The summed E-state index contributed by atoms with van der Waals surface area (Å²) >= 11 is 0. The summed E-state index contributed by atoms with van der Waals surface area (Å²) in [5, 5.41) is 0. The molecule has 0 bridgehead atoms. The topological polar surface area (TPSA) is 46.5 Å². The average Bonchev–Trinajstić information content (AvgIpc) is 1.98. The first kappa shape index (κ1) is 11.9. The molecule has 0 amide bonds. The number of allylic oxidation sites excluding steroid dienone is 1. The first-order valence-corrected chi connectivity index (χ1v) is 5.87. The van der Waals surface area contributed by atoms with Gasteiger partial charge in [0.05, 0.1) is 6.61 Å². The Balaban J connectivity index is 3.63. The molecule has 0 aromatic carbocycles. The Hall–Kier alpha value is -0.110. The van der Waals surface area contributed by atoms with E-state index in [9.17, 15) is 4.57 Å². The van der Waals surface area contributed by atoms with Gasteiger partial charge in [-0.05, 0) is 5.92 Å². The smallest absolute Gasteiger partial charge is 0.324 e. The second-order valence-electron chi connectivity index (χ2n) is 2.92. The molecule has 3 nitrogen and oxygen atoms in total. The fourth-order valence-electron chi connectivity index (χ4n) is 0.579. The zero-order valence-electron chi connectivity index (χ0n) is 7.86. The lowest BCUT2D eigenvalue weighted by atomic mass is 10.2. The SMILES string of the molecule is CCP(=O)(O)OCC=CC(C)C. The van der Waals surface area contributed by atoms with E-state index in [1.165, 1.54) is 0 Å². The van der Waals surface area contributed by atoms with E-state index in [1.807, 2.05) is 19.9 Å². The third-order valence-corrected chi connectivity index (χ3v) is 2.64. The van der Waals surface area contributed by atoms with Crippen molar-refractivity contribution in [2.45, 2.75) is 20.8 Å². The number of hydrogen-bond acceptors (Lipinski definition) is 2. The van der Waals surface area contributed by atoms with Crippen LogP contribution in [0.25, 0.3) is 0 Å². The van der Waals surface area contributed by atoms with Crippen molar-refractivity contribution in [2.24, 2.45) is 5.92 Å². The zero-order chi connectivity index (χ0) is 9.61. The van der Waals surface area contributed by atoms with Crippen LogP contribution in [0.4, 0.5) is 0 Å². The van der Waals surface area contributed by atoms with Gasteiger partial charge in [-0.2, -0.15) is 0 Å². The van der Waals surface area contributed by atoms with Crippen LogP contribution in [0.2, 0.25) is 0 Å². The van der Waals surface area contributed by atoms with Crippen LogP contribution in [-0.4, -0.2) is 17.7 Å².